The monoisotopic (exact) mass is 1630 g/mol. The number of aromatic nitrogens is 11. The summed E-state index contributed by atoms with van der Waals surface area (Å²) in [4.78, 5) is 51.9. The van der Waals surface area contributed by atoms with Gasteiger partial charge in [0, 0.05) is 153 Å². The van der Waals surface area contributed by atoms with Gasteiger partial charge in [0.1, 0.15) is 63.6 Å². The summed E-state index contributed by atoms with van der Waals surface area (Å²) in [5.74, 6) is 1.92. The summed E-state index contributed by atoms with van der Waals surface area (Å²) in [6, 6.07) is 115. The highest BCUT2D eigenvalue weighted by atomic mass is 16.3. The number of fused-ring (bicyclic) bond motifs is 21. The van der Waals surface area contributed by atoms with Crippen molar-refractivity contribution in [2.24, 2.45) is 0 Å². The maximum atomic E-state index is 6.29. The number of hydrogen-bond donors (Lipinski definition) is 0. The molecule has 27 rings (SSSR count). The van der Waals surface area contributed by atoms with Gasteiger partial charge in [-0.25, -0.2) is 44.9 Å². The van der Waals surface area contributed by atoms with Gasteiger partial charge in [-0.05, 0) is 147 Å². The van der Waals surface area contributed by atoms with Crippen molar-refractivity contribution in [3.05, 3.63) is 405 Å². The third-order valence-electron chi connectivity index (χ3n) is 24.9. The molecule has 0 N–H and O–H groups in total. The molecule has 0 saturated carbocycles. The van der Waals surface area contributed by atoms with E-state index in [4.69, 9.17) is 52.6 Å². The lowest BCUT2D eigenvalue weighted by molar-refractivity contribution is 0.668. The predicted octanol–water partition coefficient (Wildman–Crippen LogP) is 27.4. The second kappa shape index (κ2) is 29.9. The van der Waals surface area contributed by atoms with Crippen LogP contribution in [-0.4, -0.2) is 54.8 Å². The van der Waals surface area contributed by atoms with Crippen LogP contribution in [-0.2, 0) is 19.3 Å². The number of benzene rings is 14. The van der Waals surface area contributed by atoms with Crippen molar-refractivity contribution in [3.8, 4) is 146 Å². The molecule has 15 nitrogen and oxygen atoms in total. The zero-order chi connectivity index (χ0) is 83.6. The molecule has 0 amide bonds. The van der Waals surface area contributed by atoms with Gasteiger partial charge in [0.25, 0.3) is 0 Å². The number of nitrogens with zero attached hydrogens (tertiary/aromatic N) is 11. The Kier molecular flexibility index (Phi) is 17.1. The molecule has 0 unspecified atom stereocenters. The van der Waals surface area contributed by atoms with Crippen molar-refractivity contribution < 1.29 is 17.7 Å². The molecule has 0 fully saturated rings. The van der Waals surface area contributed by atoms with Crippen LogP contribution >= 0.6 is 0 Å². The van der Waals surface area contributed by atoms with Gasteiger partial charge in [-0.15, -0.1) is 0 Å². The molecule has 594 valence electrons. The van der Waals surface area contributed by atoms with Gasteiger partial charge in [0.05, 0.1) is 34.2 Å². The molecule has 24 aromatic rings. The van der Waals surface area contributed by atoms with E-state index >= 15 is 0 Å². The van der Waals surface area contributed by atoms with Gasteiger partial charge in [-0.1, -0.05) is 237 Å². The van der Waals surface area contributed by atoms with Crippen molar-refractivity contribution in [2.45, 2.75) is 19.3 Å². The Morgan fingerprint density at radius 2 is 0.598 bits per heavy atom. The minimum Gasteiger partial charge on any atom is -0.456 e. The molecule has 127 heavy (non-hydrogen) atoms. The van der Waals surface area contributed by atoms with E-state index in [-0.39, 0.29) is 0 Å². The molecule has 15 heteroatoms. The molecular formula is C112H67N11O4. The van der Waals surface area contributed by atoms with Crippen LogP contribution in [0.4, 0.5) is 0 Å². The largest absolute Gasteiger partial charge is 0.456 e. The SMILES string of the molecule is c1ccc(-c2nc(-c3ccccc3)nc(-c3cccc(-c4cccc(-c5ncnc6c5Cc5c(-c7ccccc7)cccc5-6)c4)c3)n2)cc1.c1ccc2c(c1)Cc1c(-c3ccc4oc5ccc(-c6cccc7c6oc6cccnc67)cc5c4c3)ncnc1-2.c1ccc2c(c1)Cc1c(-c3ccc4oc5ccc(-c6cccc7c6oc6ccncc67)cc5c4c3)ncnc1-2. The summed E-state index contributed by atoms with van der Waals surface area (Å²) >= 11 is 0. The number of furan rings is 4. The van der Waals surface area contributed by atoms with E-state index in [1.165, 1.54) is 61.2 Å². The van der Waals surface area contributed by atoms with Crippen molar-refractivity contribution in [1.82, 2.24) is 54.8 Å². The third-order valence-corrected chi connectivity index (χ3v) is 24.9. The average molecular weight is 1630 g/mol. The van der Waals surface area contributed by atoms with E-state index in [9.17, 15) is 0 Å². The fourth-order valence-corrected chi connectivity index (χ4v) is 19.0. The highest BCUT2D eigenvalue weighted by molar-refractivity contribution is 6.14. The average Bonchev–Trinajstić information content (AvgIpc) is 1.61. The maximum Gasteiger partial charge on any atom is 0.164 e. The smallest absolute Gasteiger partial charge is 0.164 e. The predicted molar refractivity (Wildman–Crippen MR) is 503 cm³/mol. The topological polar surface area (TPSA) is 194 Å². The van der Waals surface area contributed by atoms with Crippen LogP contribution in [0.2, 0.25) is 0 Å². The van der Waals surface area contributed by atoms with Crippen LogP contribution < -0.4 is 0 Å². The van der Waals surface area contributed by atoms with Gasteiger partial charge >= 0.3 is 0 Å². The quantitative estimate of drug-likeness (QED) is 0.125. The minimum absolute atomic E-state index is 0.631. The third kappa shape index (κ3) is 12.5. The molecule has 3 aliphatic rings. The van der Waals surface area contributed by atoms with E-state index in [1.807, 2.05) is 109 Å². The summed E-state index contributed by atoms with van der Waals surface area (Å²) in [6.45, 7) is 0. The number of rotatable bonds is 10. The summed E-state index contributed by atoms with van der Waals surface area (Å²) in [6.07, 6.45) is 12.9. The first kappa shape index (κ1) is 72.6. The molecule has 0 saturated heterocycles. The summed E-state index contributed by atoms with van der Waals surface area (Å²) < 4.78 is 25.0. The van der Waals surface area contributed by atoms with Gasteiger partial charge in [-0.3, -0.25) is 9.97 Å². The lowest BCUT2D eigenvalue weighted by Gasteiger charge is -2.11. The van der Waals surface area contributed by atoms with Crippen LogP contribution in [0, 0.1) is 0 Å². The van der Waals surface area contributed by atoms with Gasteiger partial charge < -0.3 is 17.7 Å². The Balaban J connectivity index is 0.000000104. The van der Waals surface area contributed by atoms with Crippen LogP contribution in [0.25, 0.3) is 234 Å². The Labute approximate surface area is 725 Å². The summed E-state index contributed by atoms with van der Waals surface area (Å²) in [5, 5.41) is 7.35. The standard InChI is InChI=1S/C44H29N5.2C34H19N3O2/c1-4-13-29(14-5-1)36-23-12-24-37-38(36)27-39-40(45-28-46-41(37)39)34-21-10-19-32(25-34)33-20-11-22-35(26-33)44-48-42(30-15-6-2-7-16-30)47-43(49-44)31-17-8-3-9-18-31;1-2-6-22-19(5-1)16-27-31(36-18-37-32(22)27)21-11-13-29-26(17-21)25-15-20(10-12-28(25)38-29)23-7-3-8-24-33-30(39-34(23)24)9-4-14-35-33;1-2-5-22-19(4-1)15-27-32(36-18-37-33(22)27)21-9-11-30-26(16-21)25-14-20(8-10-29(25)38-30)23-6-3-7-24-28-17-35-13-12-31(28)39-34(23)24/h1-26,28H,27H2;1-15,17-18H,16H2;1-14,16-18H,15H2. The van der Waals surface area contributed by atoms with Crippen LogP contribution in [0.5, 0.6) is 0 Å². The number of pyridine rings is 2. The van der Waals surface area contributed by atoms with Crippen molar-refractivity contribution in [3.63, 3.8) is 0 Å². The van der Waals surface area contributed by atoms with Crippen LogP contribution in [0.15, 0.2) is 389 Å². The highest BCUT2D eigenvalue weighted by Gasteiger charge is 2.30. The fourth-order valence-electron chi connectivity index (χ4n) is 19.0. The zero-order valence-electron chi connectivity index (χ0n) is 67.9. The van der Waals surface area contributed by atoms with Gasteiger partial charge in [-0.2, -0.15) is 0 Å². The van der Waals surface area contributed by atoms with E-state index in [1.54, 1.807) is 31.4 Å². The first-order valence-corrected chi connectivity index (χ1v) is 42.3. The van der Waals surface area contributed by atoms with Crippen LogP contribution in [0.3, 0.4) is 0 Å². The molecule has 3 aliphatic carbocycles. The maximum absolute atomic E-state index is 6.29. The number of hydrogen-bond acceptors (Lipinski definition) is 15. The van der Waals surface area contributed by atoms with E-state index in [0.717, 1.165) is 208 Å². The molecule has 10 heterocycles. The highest BCUT2D eigenvalue weighted by Crippen LogP contribution is 2.48. The van der Waals surface area contributed by atoms with Crippen molar-refractivity contribution in [2.75, 3.05) is 0 Å². The first-order chi connectivity index (χ1) is 62.9. The second-order valence-electron chi connectivity index (χ2n) is 32.2. The lowest BCUT2D eigenvalue weighted by Crippen LogP contribution is -2.00. The van der Waals surface area contributed by atoms with Crippen molar-refractivity contribution >= 4 is 87.9 Å². The Hall–Kier alpha value is -17.2. The summed E-state index contributed by atoms with van der Waals surface area (Å²) in [7, 11) is 0. The zero-order valence-corrected chi connectivity index (χ0v) is 67.9. The molecule has 0 bridgehead atoms. The molecule has 0 aliphatic heterocycles. The normalized spacial score (nSPS) is 12.2. The fraction of sp³-hybridized carbons (Fsp3) is 0.0268. The Morgan fingerprint density at radius 1 is 0.205 bits per heavy atom. The lowest BCUT2D eigenvalue weighted by atomic mass is 9.95. The summed E-state index contributed by atoms with van der Waals surface area (Å²) in [5.41, 5.74) is 39.5. The molecule has 14 aromatic carbocycles. The van der Waals surface area contributed by atoms with Gasteiger partial charge in [0.15, 0.2) is 23.1 Å². The van der Waals surface area contributed by atoms with Crippen molar-refractivity contribution in [1.29, 1.82) is 0 Å². The molecule has 0 spiro atoms. The molecular weight excluding hydrogens is 1560 g/mol. The Morgan fingerprint density at radius 3 is 1.17 bits per heavy atom. The minimum atomic E-state index is 0.631. The number of para-hydroxylation sites is 2. The second-order valence-corrected chi connectivity index (χ2v) is 32.2. The van der Waals surface area contributed by atoms with Gasteiger partial charge in [0.2, 0.25) is 0 Å². The Bertz CT molecular complexity index is 8210. The van der Waals surface area contributed by atoms with E-state index < -0.39 is 0 Å². The van der Waals surface area contributed by atoms with Crippen LogP contribution in [0.1, 0.15) is 33.4 Å². The molecule has 0 atom stereocenters. The first-order valence-electron chi connectivity index (χ1n) is 42.3. The van der Waals surface area contributed by atoms with E-state index in [0.29, 0.717) is 17.5 Å². The molecule has 0 radical (unpaired) electrons. The molecule has 10 aromatic heterocycles. The van der Waals surface area contributed by atoms with E-state index in [2.05, 4.69) is 250 Å².